The molecule has 0 bridgehead atoms. The van der Waals surface area contributed by atoms with Crippen molar-refractivity contribution in [3.63, 3.8) is 0 Å². The summed E-state index contributed by atoms with van der Waals surface area (Å²) in [6.45, 7) is 5.09. The molecule has 0 atom stereocenters. The zero-order chi connectivity index (χ0) is 21.1. The highest BCUT2D eigenvalue weighted by molar-refractivity contribution is 6.33. The highest BCUT2D eigenvalue weighted by atomic mass is 35.5. The molecule has 0 aliphatic heterocycles. The number of halogens is 2. The summed E-state index contributed by atoms with van der Waals surface area (Å²) >= 11 is 12.1. The van der Waals surface area contributed by atoms with E-state index in [1.165, 1.54) is 6.07 Å². The predicted octanol–water partition coefficient (Wildman–Crippen LogP) is 4.29. The molecule has 1 N–H and O–H groups in total. The fourth-order valence-electron chi connectivity index (χ4n) is 2.62. The van der Waals surface area contributed by atoms with E-state index in [0.29, 0.717) is 16.5 Å². The summed E-state index contributed by atoms with van der Waals surface area (Å²) in [6, 6.07) is 10.2. The van der Waals surface area contributed by atoms with E-state index >= 15 is 0 Å². The van der Waals surface area contributed by atoms with Gasteiger partial charge in [-0.1, -0.05) is 29.3 Å². The number of esters is 1. The molecule has 0 saturated heterocycles. The zero-order valence-electron chi connectivity index (χ0n) is 16.0. The Balaban J connectivity index is 1.68. The second-order valence-corrected chi connectivity index (χ2v) is 7.24. The Bertz CT molecular complexity index is 1100. The van der Waals surface area contributed by atoms with Crippen LogP contribution in [0.15, 0.2) is 36.4 Å². The lowest BCUT2D eigenvalue weighted by molar-refractivity contribution is -0.119. The Morgan fingerprint density at radius 3 is 2.48 bits per heavy atom. The number of rotatable bonds is 5. The lowest BCUT2D eigenvalue weighted by Crippen LogP contribution is -2.21. The fourth-order valence-corrected chi connectivity index (χ4v) is 2.98. The average molecular weight is 433 g/mol. The molecule has 29 heavy (non-hydrogen) atoms. The third-order valence-electron chi connectivity index (χ3n) is 4.04. The van der Waals surface area contributed by atoms with Crippen molar-refractivity contribution in [1.29, 1.82) is 0 Å². The van der Waals surface area contributed by atoms with Gasteiger partial charge in [-0.05, 0) is 56.7 Å². The third-order valence-corrected chi connectivity index (χ3v) is 4.75. The van der Waals surface area contributed by atoms with Crippen molar-refractivity contribution in [1.82, 2.24) is 14.8 Å². The van der Waals surface area contributed by atoms with Gasteiger partial charge in [0.25, 0.3) is 5.91 Å². The van der Waals surface area contributed by atoms with Crippen LogP contribution >= 0.6 is 23.2 Å². The number of aromatic nitrogens is 3. The number of nitrogens with one attached hydrogen (secondary N) is 1. The summed E-state index contributed by atoms with van der Waals surface area (Å²) in [4.78, 5) is 28.7. The fraction of sp³-hybridized carbons (Fsp3) is 0.200. The topological polar surface area (TPSA) is 86.1 Å². The Kier molecular flexibility index (Phi) is 6.20. The number of hydrogen-bond acceptors (Lipinski definition) is 5. The Labute approximate surface area is 177 Å². The van der Waals surface area contributed by atoms with Crippen LogP contribution in [-0.2, 0) is 9.53 Å². The van der Waals surface area contributed by atoms with Gasteiger partial charge in [-0.3, -0.25) is 4.79 Å². The molecule has 0 radical (unpaired) electrons. The van der Waals surface area contributed by atoms with Crippen LogP contribution in [0.4, 0.5) is 5.69 Å². The van der Waals surface area contributed by atoms with Gasteiger partial charge in [0.15, 0.2) is 18.1 Å². The first-order valence-corrected chi connectivity index (χ1v) is 9.43. The number of ether oxygens (including phenoxy) is 1. The molecule has 150 valence electrons. The van der Waals surface area contributed by atoms with E-state index in [9.17, 15) is 9.59 Å². The second-order valence-electron chi connectivity index (χ2n) is 6.43. The van der Waals surface area contributed by atoms with Gasteiger partial charge in [0.1, 0.15) is 0 Å². The minimum absolute atomic E-state index is 0.0945. The van der Waals surface area contributed by atoms with E-state index in [1.807, 2.05) is 26.8 Å². The number of hydrogen-bond donors (Lipinski definition) is 1. The van der Waals surface area contributed by atoms with Crippen molar-refractivity contribution in [2.45, 2.75) is 20.8 Å². The smallest absolute Gasteiger partial charge is 0.359 e. The van der Waals surface area contributed by atoms with Gasteiger partial charge < -0.3 is 10.1 Å². The van der Waals surface area contributed by atoms with Crippen LogP contribution in [-0.4, -0.2) is 33.2 Å². The molecule has 0 aliphatic carbocycles. The predicted molar refractivity (Wildman–Crippen MR) is 111 cm³/mol. The maximum absolute atomic E-state index is 12.4. The van der Waals surface area contributed by atoms with E-state index in [2.05, 4.69) is 15.4 Å². The molecule has 2 aromatic heterocycles. The molecule has 0 saturated carbocycles. The molecule has 7 nitrogen and oxygen atoms in total. The van der Waals surface area contributed by atoms with Crippen LogP contribution in [0, 0.1) is 20.8 Å². The number of benzene rings is 1. The Morgan fingerprint density at radius 1 is 1.07 bits per heavy atom. The molecule has 2 heterocycles. The van der Waals surface area contributed by atoms with Crippen molar-refractivity contribution in [2.75, 3.05) is 11.9 Å². The van der Waals surface area contributed by atoms with Crippen molar-refractivity contribution < 1.29 is 14.3 Å². The highest BCUT2D eigenvalue weighted by Crippen LogP contribution is 2.20. The lowest BCUT2D eigenvalue weighted by atomic mass is 10.2. The van der Waals surface area contributed by atoms with Gasteiger partial charge in [-0.2, -0.15) is 5.10 Å². The van der Waals surface area contributed by atoms with Gasteiger partial charge >= 0.3 is 5.97 Å². The number of carbonyl (C=O) groups is 2. The summed E-state index contributed by atoms with van der Waals surface area (Å²) in [5.74, 6) is -0.898. The third kappa shape index (κ3) is 4.93. The largest absolute Gasteiger partial charge is 0.451 e. The monoisotopic (exact) mass is 432 g/mol. The summed E-state index contributed by atoms with van der Waals surface area (Å²) in [5.41, 5.74) is 2.97. The average Bonchev–Trinajstić information content (AvgIpc) is 3.01. The molecule has 0 spiro atoms. The molecule has 1 aromatic carbocycles. The van der Waals surface area contributed by atoms with Crippen LogP contribution < -0.4 is 5.32 Å². The normalized spacial score (nSPS) is 10.7. The standard InChI is InChI=1S/C20H18Cl2N4O3/c1-11-4-5-14(9-16(11)22)23-18(27)10-29-20(28)19-15(21)6-7-17(24-19)26-13(3)8-12(2)25-26/h4-9H,10H2,1-3H3,(H,23,27). The zero-order valence-corrected chi connectivity index (χ0v) is 17.5. The number of aryl methyl sites for hydroxylation is 3. The molecule has 9 heteroatoms. The Morgan fingerprint density at radius 2 is 1.83 bits per heavy atom. The Hall–Kier alpha value is -2.90. The molecule has 3 aromatic rings. The summed E-state index contributed by atoms with van der Waals surface area (Å²) < 4.78 is 6.66. The molecular weight excluding hydrogens is 415 g/mol. The van der Waals surface area contributed by atoms with Crippen LogP contribution in [0.25, 0.3) is 5.82 Å². The minimum atomic E-state index is -0.810. The maximum atomic E-state index is 12.4. The molecule has 0 aliphatic rings. The number of amides is 1. The first-order valence-electron chi connectivity index (χ1n) is 8.68. The summed E-state index contributed by atoms with van der Waals surface area (Å²) in [5, 5.41) is 7.58. The summed E-state index contributed by atoms with van der Waals surface area (Å²) in [7, 11) is 0. The van der Waals surface area contributed by atoms with Crippen LogP contribution in [0.1, 0.15) is 27.4 Å². The van der Waals surface area contributed by atoms with Crippen LogP contribution in [0.5, 0.6) is 0 Å². The molecule has 0 fully saturated rings. The second kappa shape index (κ2) is 8.63. The van der Waals surface area contributed by atoms with Crippen molar-refractivity contribution in [3.8, 4) is 5.82 Å². The van der Waals surface area contributed by atoms with Crippen molar-refractivity contribution >= 4 is 40.8 Å². The quantitative estimate of drug-likeness (QED) is 0.607. The number of pyridine rings is 1. The molecule has 1 amide bonds. The van der Waals surface area contributed by atoms with Gasteiger partial charge in [0.05, 0.1) is 10.7 Å². The summed E-state index contributed by atoms with van der Waals surface area (Å²) in [6.07, 6.45) is 0. The van der Waals surface area contributed by atoms with E-state index in [4.69, 9.17) is 27.9 Å². The van der Waals surface area contributed by atoms with E-state index in [-0.39, 0.29) is 10.7 Å². The van der Waals surface area contributed by atoms with E-state index < -0.39 is 18.5 Å². The van der Waals surface area contributed by atoms with Gasteiger partial charge in [0, 0.05) is 16.4 Å². The molecule has 3 rings (SSSR count). The SMILES string of the molecule is Cc1cc(C)n(-c2ccc(Cl)c(C(=O)OCC(=O)Nc3ccc(C)c(Cl)c3)n2)n1. The highest BCUT2D eigenvalue weighted by Gasteiger charge is 2.18. The number of anilines is 1. The van der Waals surface area contributed by atoms with E-state index in [0.717, 1.165) is 17.0 Å². The lowest BCUT2D eigenvalue weighted by Gasteiger charge is -2.09. The first kappa shape index (κ1) is 20.8. The van der Waals surface area contributed by atoms with Crippen LogP contribution in [0.3, 0.4) is 0 Å². The van der Waals surface area contributed by atoms with Crippen molar-refractivity contribution in [2.24, 2.45) is 0 Å². The van der Waals surface area contributed by atoms with Crippen molar-refractivity contribution in [3.05, 3.63) is 69.1 Å². The van der Waals surface area contributed by atoms with Gasteiger partial charge in [-0.15, -0.1) is 0 Å². The molecule has 0 unspecified atom stereocenters. The maximum Gasteiger partial charge on any atom is 0.359 e. The number of carbonyl (C=O) groups excluding carboxylic acids is 2. The van der Waals surface area contributed by atoms with Gasteiger partial charge in [0.2, 0.25) is 0 Å². The minimum Gasteiger partial charge on any atom is -0.451 e. The number of nitrogens with zero attached hydrogens (tertiary/aromatic N) is 3. The molecular formula is C20H18Cl2N4O3. The van der Waals surface area contributed by atoms with Crippen LogP contribution in [0.2, 0.25) is 10.0 Å². The van der Waals surface area contributed by atoms with Gasteiger partial charge in [-0.25, -0.2) is 14.5 Å². The first-order chi connectivity index (χ1) is 13.7. The van der Waals surface area contributed by atoms with E-state index in [1.54, 1.807) is 28.9 Å².